The number of rotatable bonds is 4. The predicted molar refractivity (Wildman–Crippen MR) is 58.9 cm³/mol. The Morgan fingerprint density at radius 1 is 1.35 bits per heavy atom. The van der Waals surface area contributed by atoms with E-state index in [2.05, 4.69) is 0 Å². The number of carbonyl (C=O) groups is 1. The molecule has 0 amide bonds. The molecule has 2 rings (SSSR count). The van der Waals surface area contributed by atoms with Gasteiger partial charge >= 0.3 is 5.97 Å². The van der Waals surface area contributed by atoms with Gasteiger partial charge in [0, 0.05) is 6.92 Å². The fraction of sp³-hybridized carbons (Fsp3) is 0.364. The second-order valence-electron chi connectivity index (χ2n) is 3.70. The van der Waals surface area contributed by atoms with Crippen molar-refractivity contribution >= 4 is 15.8 Å². The first-order chi connectivity index (χ1) is 8.01. The minimum absolute atomic E-state index is 0.0218. The van der Waals surface area contributed by atoms with Crippen LogP contribution in [0.2, 0.25) is 0 Å². The van der Waals surface area contributed by atoms with Crippen molar-refractivity contribution in [1.82, 2.24) is 0 Å². The number of hydrogen-bond acceptors (Lipinski definition) is 5. The molecule has 1 aromatic carbocycles. The normalized spacial score (nSPS) is 23.1. The number of ether oxygens (including phenoxy) is 2. The van der Waals surface area contributed by atoms with E-state index in [1.54, 1.807) is 18.2 Å². The second kappa shape index (κ2) is 4.46. The first-order valence-corrected chi connectivity index (χ1v) is 6.64. The largest absolute Gasteiger partial charge is 0.463 e. The van der Waals surface area contributed by atoms with Crippen LogP contribution < -0.4 is 0 Å². The van der Waals surface area contributed by atoms with E-state index in [1.165, 1.54) is 19.1 Å². The van der Waals surface area contributed by atoms with Crippen molar-refractivity contribution in [3.05, 3.63) is 30.3 Å². The molecule has 17 heavy (non-hydrogen) atoms. The van der Waals surface area contributed by atoms with Gasteiger partial charge in [0.2, 0.25) is 9.84 Å². The average Bonchev–Trinajstić information content (AvgIpc) is 3.07. The molecule has 2 atom stereocenters. The Morgan fingerprint density at radius 2 is 2.00 bits per heavy atom. The number of hydrogen-bond donors (Lipinski definition) is 0. The van der Waals surface area contributed by atoms with E-state index in [-0.39, 0.29) is 11.5 Å². The van der Waals surface area contributed by atoms with Crippen molar-refractivity contribution in [2.24, 2.45) is 0 Å². The Bertz CT molecular complexity index is 508. The number of sulfone groups is 1. The lowest BCUT2D eigenvalue weighted by molar-refractivity contribution is -0.141. The molecule has 92 valence electrons. The maximum absolute atomic E-state index is 12.0. The molecular formula is C11H12O5S. The third-order valence-electron chi connectivity index (χ3n) is 2.36. The molecule has 0 spiro atoms. The monoisotopic (exact) mass is 256 g/mol. The van der Waals surface area contributed by atoms with Gasteiger partial charge in [-0.2, -0.15) is 0 Å². The quantitative estimate of drug-likeness (QED) is 0.587. The summed E-state index contributed by atoms with van der Waals surface area (Å²) < 4.78 is 33.7. The summed E-state index contributed by atoms with van der Waals surface area (Å²) in [6.45, 7) is 1.25. The van der Waals surface area contributed by atoms with Gasteiger partial charge in [-0.1, -0.05) is 18.2 Å². The van der Waals surface area contributed by atoms with Crippen LogP contribution in [-0.2, 0) is 24.1 Å². The summed E-state index contributed by atoms with van der Waals surface area (Å²) >= 11 is 0. The third-order valence-corrected chi connectivity index (χ3v) is 4.32. The van der Waals surface area contributed by atoms with E-state index < -0.39 is 27.3 Å². The molecule has 1 heterocycles. The molecule has 1 aromatic rings. The van der Waals surface area contributed by atoms with Crippen molar-refractivity contribution in [2.75, 3.05) is 6.61 Å². The molecule has 1 aliphatic rings. The molecule has 0 unspecified atom stereocenters. The highest BCUT2D eigenvalue weighted by Crippen LogP contribution is 2.32. The van der Waals surface area contributed by atoms with Crippen LogP contribution in [0.5, 0.6) is 0 Å². The molecule has 1 aliphatic heterocycles. The average molecular weight is 256 g/mol. The maximum atomic E-state index is 12.0. The summed E-state index contributed by atoms with van der Waals surface area (Å²) in [4.78, 5) is 10.8. The topological polar surface area (TPSA) is 73.0 Å². The number of esters is 1. The van der Waals surface area contributed by atoms with E-state index in [9.17, 15) is 13.2 Å². The molecule has 0 radical (unpaired) electrons. The summed E-state index contributed by atoms with van der Waals surface area (Å²) in [6, 6.07) is 8.07. The van der Waals surface area contributed by atoms with Crippen molar-refractivity contribution in [3.63, 3.8) is 0 Å². The molecule has 0 bridgehead atoms. The molecule has 0 aliphatic carbocycles. The van der Waals surface area contributed by atoms with Crippen LogP contribution in [0.15, 0.2) is 35.2 Å². The zero-order valence-corrected chi connectivity index (χ0v) is 10.0. The van der Waals surface area contributed by atoms with Crippen LogP contribution in [0.4, 0.5) is 0 Å². The van der Waals surface area contributed by atoms with Crippen LogP contribution >= 0.6 is 0 Å². The smallest absolute Gasteiger partial charge is 0.302 e. The van der Waals surface area contributed by atoms with Gasteiger partial charge < -0.3 is 9.47 Å². The van der Waals surface area contributed by atoms with Crippen molar-refractivity contribution in [1.29, 1.82) is 0 Å². The molecule has 5 nitrogen and oxygen atoms in total. The zero-order chi connectivity index (χ0) is 12.5. The summed E-state index contributed by atoms with van der Waals surface area (Å²) in [5, 5.41) is 0. The Balaban J connectivity index is 2.03. The van der Waals surface area contributed by atoms with Gasteiger partial charge in [-0.05, 0) is 12.1 Å². The van der Waals surface area contributed by atoms with Crippen LogP contribution in [-0.4, -0.2) is 32.5 Å². The van der Waals surface area contributed by atoms with E-state index >= 15 is 0 Å². The fourth-order valence-corrected chi connectivity index (χ4v) is 3.03. The number of benzene rings is 1. The fourth-order valence-electron chi connectivity index (χ4n) is 1.46. The van der Waals surface area contributed by atoms with Gasteiger partial charge in [0.1, 0.15) is 12.7 Å². The van der Waals surface area contributed by atoms with Gasteiger partial charge in [-0.25, -0.2) is 8.42 Å². The van der Waals surface area contributed by atoms with Crippen LogP contribution in [0, 0.1) is 0 Å². The lowest BCUT2D eigenvalue weighted by Crippen LogP contribution is -2.15. The van der Waals surface area contributed by atoms with E-state index in [1.807, 2.05) is 0 Å². The minimum Gasteiger partial charge on any atom is -0.463 e. The van der Waals surface area contributed by atoms with Crippen molar-refractivity contribution in [3.8, 4) is 0 Å². The molecule has 0 aromatic heterocycles. The first kappa shape index (κ1) is 12.1. The van der Waals surface area contributed by atoms with Crippen LogP contribution in [0.3, 0.4) is 0 Å². The first-order valence-electron chi connectivity index (χ1n) is 5.09. The highest BCUT2D eigenvalue weighted by atomic mass is 32.2. The summed E-state index contributed by atoms with van der Waals surface area (Å²) in [6.07, 6.45) is -0.552. The summed E-state index contributed by atoms with van der Waals surface area (Å²) in [5.74, 6) is -0.448. The third kappa shape index (κ3) is 2.65. The van der Waals surface area contributed by atoms with Gasteiger partial charge in [0.05, 0.1) is 4.90 Å². The number of epoxide rings is 1. The van der Waals surface area contributed by atoms with Gasteiger partial charge in [0.25, 0.3) is 0 Å². The summed E-state index contributed by atoms with van der Waals surface area (Å²) in [5.41, 5.74) is -0.899. The van der Waals surface area contributed by atoms with Crippen molar-refractivity contribution < 1.29 is 22.7 Å². The highest BCUT2D eigenvalue weighted by molar-refractivity contribution is 7.92. The molecule has 0 saturated carbocycles. The van der Waals surface area contributed by atoms with Gasteiger partial charge in [-0.3, -0.25) is 4.79 Å². The maximum Gasteiger partial charge on any atom is 0.302 e. The molecule has 6 heteroatoms. The van der Waals surface area contributed by atoms with E-state index in [0.29, 0.717) is 0 Å². The Hall–Kier alpha value is -1.40. The Kier molecular flexibility index (Phi) is 3.17. The van der Waals surface area contributed by atoms with Crippen LogP contribution in [0.25, 0.3) is 0 Å². The standard InChI is InChI=1S/C11H12O5S/c1-8(12)15-7-10-11(16-10)17(13,14)9-5-3-2-4-6-9/h2-6,10-11H,7H2,1H3/t10-,11-/m1/s1. The van der Waals surface area contributed by atoms with E-state index in [4.69, 9.17) is 9.47 Å². The number of carbonyl (C=O) groups excluding carboxylic acids is 1. The van der Waals surface area contributed by atoms with Crippen molar-refractivity contribution in [2.45, 2.75) is 23.4 Å². The van der Waals surface area contributed by atoms with E-state index in [0.717, 1.165) is 0 Å². The summed E-state index contributed by atoms with van der Waals surface area (Å²) in [7, 11) is -3.48. The SMILES string of the molecule is CC(=O)OC[C@H]1O[C@@H]1S(=O)(=O)c1ccccc1. The van der Waals surface area contributed by atoms with Crippen LogP contribution in [0.1, 0.15) is 6.92 Å². The molecule has 1 saturated heterocycles. The lowest BCUT2D eigenvalue weighted by atomic mass is 10.4. The van der Waals surface area contributed by atoms with Gasteiger partial charge in [-0.15, -0.1) is 0 Å². The zero-order valence-electron chi connectivity index (χ0n) is 9.20. The lowest BCUT2D eigenvalue weighted by Gasteiger charge is -2.00. The minimum atomic E-state index is -3.48. The molecular weight excluding hydrogens is 244 g/mol. The van der Waals surface area contributed by atoms with Gasteiger partial charge in [0.15, 0.2) is 5.44 Å². The predicted octanol–water partition coefficient (Wildman–Crippen LogP) is 0.748. The Morgan fingerprint density at radius 3 is 2.59 bits per heavy atom. The highest BCUT2D eigenvalue weighted by Gasteiger charge is 2.50. The second-order valence-corrected chi connectivity index (χ2v) is 5.73. The molecule has 1 fully saturated rings. The molecule has 0 N–H and O–H groups in total. The Labute approximate surface area is 99.3 Å².